The highest BCUT2D eigenvalue weighted by molar-refractivity contribution is 5.97. The lowest BCUT2D eigenvalue weighted by atomic mass is 9.96. The van der Waals surface area contributed by atoms with E-state index in [2.05, 4.69) is 43.1 Å². The summed E-state index contributed by atoms with van der Waals surface area (Å²) in [4.78, 5) is 17.2. The van der Waals surface area contributed by atoms with Crippen LogP contribution in [0.2, 0.25) is 0 Å². The Morgan fingerprint density at radius 2 is 1.80 bits per heavy atom. The van der Waals surface area contributed by atoms with Crippen molar-refractivity contribution >= 4 is 16.9 Å². The van der Waals surface area contributed by atoms with Gasteiger partial charge in [0.15, 0.2) is 5.65 Å². The van der Waals surface area contributed by atoms with Gasteiger partial charge in [0, 0.05) is 17.6 Å². The third kappa shape index (κ3) is 3.55. The molecule has 2 heterocycles. The van der Waals surface area contributed by atoms with Crippen molar-refractivity contribution < 1.29 is 4.79 Å². The highest BCUT2D eigenvalue weighted by atomic mass is 16.1. The van der Waals surface area contributed by atoms with Crippen LogP contribution in [0.15, 0.2) is 48.8 Å². The molecule has 0 aliphatic carbocycles. The predicted octanol–water partition coefficient (Wildman–Crippen LogP) is 4.14. The Kier molecular flexibility index (Phi) is 4.83. The number of amides is 1. The monoisotopic (exact) mass is 336 g/mol. The summed E-state index contributed by atoms with van der Waals surface area (Å²) >= 11 is 0. The first-order chi connectivity index (χ1) is 12.0. The highest BCUT2D eigenvalue weighted by Gasteiger charge is 2.20. The van der Waals surface area contributed by atoms with Gasteiger partial charge >= 0.3 is 0 Å². The maximum atomic E-state index is 12.7. The molecule has 25 heavy (non-hydrogen) atoms. The minimum Gasteiger partial charge on any atom is -0.345 e. The predicted molar refractivity (Wildman–Crippen MR) is 99.4 cm³/mol. The number of carbonyl (C=O) groups excluding carboxylic acids is 1. The van der Waals surface area contributed by atoms with E-state index in [9.17, 15) is 4.79 Å². The van der Waals surface area contributed by atoms with Crippen LogP contribution >= 0.6 is 0 Å². The molecule has 3 rings (SSSR count). The van der Waals surface area contributed by atoms with Gasteiger partial charge in [-0.15, -0.1) is 0 Å². The number of rotatable bonds is 5. The van der Waals surface area contributed by atoms with Crippen molar-refractivity contribution in [2.75, 3.05) is 0 Å². The number of aromatic nitrogens is 3. The molecule has 1 atom stereocenters. The summed E-state index contributed by atoms with van der Waals surface area (Å²) in [7, 11) is 0. The van der Waals surface area contributed by atoms with Gasteiger partial charge in [-0.2, -0.15) is 5.10 Å². The summed E-state index contributed by atoms with van der Waals surface area (Å²) in [5.41, 5.74) is 2.46. The Hall–Kier alpha value is -2.69. The molecule has 1 unspecified atom stereocenters. The van der Waals surface area contributed by atoms with Crippen LogP contribution in [0, 0.1) is 5.92 Å². The standard InChI is InChI=1S/C20H24N4O/c1-13(2)18(15-8-6-5-7-9-15)23-20(25)17-10-16-12-22-24(14(3)4)19(16)21-11-17/h5-14,18H,1-4H3,(H,23,25). The van der Waals surface area contributed by atoms with Crippen molar-refractivity contribution in [1.29, 1.82) is 0 Å². The molecule has 5 heteroatoms. The molecule has 0 radical (unpaired) electrons. The van der Waals surface area contributed by atoms with Crippen molar-refractivity contribution in [3.05, 3.63) is 59.9 Å². The van der Waals surface area contributed by atoms with Crippen molar-refractivity contribution in [3.63, 3.8) is 0 Å². The maximum Gasteiger partial charge on any atom is 0.253 e. The lowest BCUT2D eigenvalue weighted by Gasteiger charge is -2.23. The van der Waals surface area contributed by atoms with E-state index in [1.54, 1.807) is 12.4 Å². The second-order valence-corrected chi connectivity index (χ2v) is 6.93. The molecule has 130 valence electrons. The number of nitrogens with one attached hydrogen (secondary N) is 1. The molecule has 1 N–H and O–H groups in total. The lowest BCUT2D eigenvalue weighted by molar-refractivity contribution is 0.0925. The van der Waals surface area contributed by atoms with Crippen molar-refractivity contribution in [2.24, 2.45) is 5.92 Å². The van der Waals surface area contributed by atoms with E-state index in [1.807, 2.05) is 41.1 Å². The molecule has 1 amide bonds. The number of pyridine rings is 1. The van der Waals surface area contributed by atoms with Gasteiger partial charge in [0.1, 0.15) is 0 Å². The van der Waals surface area contributed by atoms with Gasteiger partial charge in [0.2, 0.25) is 0 Å². The fourth-order valence-corrected chi connectivity index (χ4v) is 2.96. The van der Waals surface area contributed by atoms with Gasteiger partial charge < -0.3 is 5.32 Å². The van der Waals surface area contributed by atoms with Gasteiger partial charge in [-0.3, -0.25) is 4.79 Å². The quantitative estimate of drug-likeness (QED) is 0.762. The number of hydrogen-bond donors (Lipinski definition) is 1. The van der Waals surface area contributed by atoms with E-state index in [0.29, 0.717) is 5.56 Å². The van der Waals surface area contributed by atoms with Crippen LogP contribution in [0.3, 0.4) is 0 Å². The second kappa shape index (κ2) is 7.05. The Balaban J connectivity index is 1.86. The largest absolute Gasteiger partial charge is 0.345 e. The van der Waals surface area contributed by atoms with Gasteiger partial charge in [-0.1, -0.05) is 44.2 Å². The summed E-state index contributed by atoms with van der Waals surface area (Å²) in [6, 6.07) is 12.1. The Bertz CT molecular complexity index is 868. The topological polar surface area (TPSA) is 59.8 Å². The molecule has 5 nitrogen and oxygen atoms in total. The van der Waals surface area contributed by atoms with Gasteiger partial charge in [0.25, 0.3) is 5.91 Å². The van der Waals surface area contributed by atoms with Gasteiger partial charge in [-0.05, 0) is 31.4 Å². The third-order valence-corrected chi connectivity index (χ3v) is 4.30. The molecular weight excluding hydrogens is 312 g/mol. The van der Waals surface area contributed by atoms with E-state index in [4.69, 9.17) is 0 Å². The number of nitrogens with zero attached hydrogens (tertiary/aromatic N) is 3. The summed E-state index contributed by atoms with van der Waals surface area (Å²) in [6.45, 7) is 8.32. The van der Waals surface area contributed by atoms with Crippen molar-refractivity contribution in [1.82, 2.24) is 20.1 Å². The van der Waals surface area contributed by atoms with Crippen LogP contribution in [-0.4, -0.2) is 20.7 Å². The lowest BCUT2D eigenvalue weighted by Crippen LogP contribution is -2.31. The molecule has 3 aromatic rings. The fraction of sp³-hybridized carbons (Fsp3) is 0.350. The smallest absolute Gasteiger partial charge is 0.253 e. The number of fused-ring (bicyclic) bond motifs is 1. The van der Waals surface area contributed by atoms with E-state index in [1.165, 1.54) is 0 Å². The normalized spacial score (nSPS) is 12.7. The summed E-state index contributed by atoms with van der Waals surface area (Å²) < 4.78 is 1.86. The molecule has 0 spiro atoms. The SMILES string of the molecule is CC(C)C(NC(=O)c1cnc2c(cnn2C(C)C)c1)c1ccccc1. The molecule has 0 bridgehead atoms. The third-order valence-electron chi connectivity index (χ3n) is 4.30. The van der Waals surface area contributed by atoms with Crippen LogP contribution in [0.4, 0.5) is 0 Å². The first-order valence-corrected chi connectivity index (χ1v) is 8.66. The minimum atomic E-state index is -0.116. The molecule has 0 fully saturated rings. The Morgan fingerprint density at radius 3 is 2.44 bits per heavy atom. The van der Waals surface area contributed by atoms with Crippen LogP contribution in [0.5, 0.6) is 0 Å². The second-order valence-electron chi connectivity index (χ2n) is 6.93. The van der Waals surface area contributed by atoms with E-state index in [-0.39, 0.29) is 23.9 Å². The average Bonchev–Trinajstić information content (AvgIpc) is 3.03. The van der Waals surface area contributed by atoms with Crippen LogP contribution in [0.25, 0.3) is 11.0 Å². The van der Waals surface area contributed by atoms with Gasteiger partial charge in [0.05, 0.1) is 17.8 Å². The average molecular weight is 336 g/mol. The molecule has 0 saturated carbocycles. The molecule has 2 aromatic heterocycles. The number of carbonyl (C=O) groups is 1. The minimum absolute atomic E-state index is 0.0391. The van der Waals surface area contributed by atoms with Crippen LogP contribution < -0.4 is 5.32 Å². The van der Waals surface area contributed by atoms with Gasteiger partial charge in [-0.25, -0.2) is 9.67 Å². The molecular formula is C20H24N4O. The zero-order chi connectivity index (χ0) is 18.0. The summed E-state index contributed by atoms with van der Waals surface area (Å²) in [5, 5.41) is 8.37. The molecule has 0 aliphatic rings. The fourth-order valence-electron chi connectivity index (χ4n) is 2.96. The first-order valence-electron chi connectivity index (χ1n) is 8.66. The van der Waals surface area contributed by atoms with E-state index < -0.39 is 0 Å². The van der Waals surface area contributed by atoms with Crippen molar-refractivity contribution in [2.45, 2.75) is 39.8 Å². The number of benzene rings is 1. The maximum absolute atomic E-state index is 12.7. The molecule has 1 aromatic carbocycles. The highest BCUT2D eigenvalue weighted by Crippen LogP contribution is 2.22. The number of hydrogen-bond acceptors (Lipinski definition) is 3. The summed E-state index contributed by atoms with van der Waals surface area (Å²) in [5.74, 6) is 0.168. The zero-order valence-electron chi connectivity index (χ0n) is 15.1. The van der Waals surface area contributed by atoms with Crippen LogP contribution in [-0.2, 0) is 0 Å². The molecule has 0 saturated heterocycles. The Labute approximate surface area is 148 Å². The van der Waals surface area contributed by atoms with Crippen molar-refractivity contribution in [3.8, 4) is 0 Å². The molecule has 0 aliphatic heterocycles. The summed E-state index contributed by atoms with van der Waals surface area (Å²) in [6.07, 6.45) is 3.39. The zero-order valence-corrected chi connectivity index (χ0v) is 15.1. The Morgan fingerprint density at radius 1 is 1.08 bits per heavy atom. The first kappa shape index (κ1) is 17.1. The van der Waals surface area contributed by atoms with Crippen LogP contribution in [0.1, 0.15) is 55.7 Å². The van der Waals surface area contributed by atoms with E-state index >= 15 is 0 Å². The van der Waals surface area contributed by atoms with E-state index in [0.717, 1.165) is 16.6 Å².